The van der Waals surface area contributed by atoms with Gasteiger partial charge in [-0.15, -0.1) is 0 Å². The van der Waals surface area contributed by atoms with E-state index in [9.17, 15) is 4.79 Å². The summed E-state index contributed by atoms with van der Waals surface area (Å²) in [5.41, 5.74) is -0.470. The van der Waals surface area contributed by atoms with Crippen molar-refractivity contribution in [3.63, 3.8) is 0 Å². The lowest BCUT2D eigenvalue weighted by atomic mass is 9.62. The fourth-order valence-electron chi connectivity index (χ4n) is 2.18. The number of carbonyl (C=O) groups excluding carboxylic acids is 1. The summed E-state index contributed by atoms with van der Waals surface area (Å²) in [6, 6.07) is 0. The molecular weight excluding hydrogens is 208 g/mol. The maximum Gasteiger partial charge on any atom is 0.140 e. The first-order valence-corrected chi connectivity index (χ1v) is 6.59. The van der Waals surface area contributed by atoms with Crippen molar-refractivity contribution in [1.29, 1.82) is 0 Å². The largest absolute Gasteiger partial charge is 0.330 e. The highest BCUT2D eigenvalue weighted by molar-refractivity contribution is 7.93. The van der Waals surface area contributed by atoms with E-state index in [4.69, 9.17) is 4.55 Å². The van der Waals surface area contributed by atoms with Crippen LogP contribution in [-0.4, -0.2) is 16.1 Å². The van der Waals surface area contributed by atoms with E-state index in [2.05, 4.69) is 27.7 Å². The normalized spacial score (nSPS) is 16.1. The maximum atomic E-state index is 12.1. The highest BCUT2D eigenvalue weighted by Crippen LogP contribution is 2.46. The van der Waals surface area contributed by atoms with Crippen LogP contribution in [0.5, 0.6) is 0 Å². The fourth-order valence-corrected chi connectivity index (χ4v) is 3.14. The van der Waals surface area contributed by atoms with Crippen molar-refractivity contribution in [3.05, 3.63) is 0 Å². The third kappa shape index (κ3) is 3.22. The quantitative estimate of drug-likeness (QED) is 0.703. The van der Waals surface area contributed by atoms with E-state index in [-0.39, 0.29) is 16.6 Å². The SMILES string of the molecule is CCCC(CSO)(C(=O)CC)C(C)(C)C. The molecule has 3 heteroatoms. The lowest BCUT2D eigenvalue weighted by Crippen LogP contribution is -2.45. The summed E-state index contributed by atoms with van der Waals surface area (Å²) < 4.78 is 9.10. The second-order valence-corrected chi connectivity index (χ2v) is 5.68. The van der Waals surface area contributed by atoms with Gasteiger partial charge in [-0.1, -0.05) is 41.0 Å². The highest BCUT2D eigenvalue weighted by atomic mass is 32.2. The van der Waals surface area contributed by atoms with E-state index in [0.717, 1.165) is 24.9 Å². The molecule has 0 amide bonds. The number of hydrogen-bond acceptors (Lipinski definition) is 3. The second-order valence-electron chi connectivity index (χ2n) is 5.13. The lowest BCUT2D eigenvalue weighted by Gasteiger charge is -2.43. The van der Waals surface area contributed by atoms with E-state index in [1.807, 2.05) is 6.92 Å². The molecule has 1 unspecified atom stereocenters. The van der Waals surface area contributed by atoms with Crippen molar-refractivity contribution in [2.45, 2.75) is 53.9 Å². The van der Waals surface area contributed by atoms with Gasteiger partial charge in [0.05, 0.1) is 0 Å². The van der Waals surface area contributed by atoms with E-state index in [1.54, 1.807) is 0 Å². The molecule has 0 spiro atoms. The Balaban J connectivity index is 5.16. The standard InChI is InChI=1S/C12H24O2S/c1-6-8-12(9-15-14,10(13)7-2)11(3,4)5/h14H,6-9H2,1-5H3. The Morgan fingerprint density at radius 2 is 1.80 bits per heavy atom. The zero-order valence-electron chi connectivity index (χ0n) is 10.6. The average Bonchev–Trinajstić information content (AvgIpc) is 2.14. The van der Waals surface area contributed by atoms with Crippen LogP contribution in [0.25, 0.3) is 0 Å². The van der Waals surface area contributed by atoms with Crippen molar-refractivity contribution in [2.24, 2.45) is 10.8 Å². The lowest BCUT2D eigenvalue weighted by molar-refractivity contribution is -0.133. The fraction of sp³-hybridized carbons (Fsp3) is 0.917. The number of hydrogen-bond donors (Lipinski definition) is 1. The Hall–Kier alpha value is -0.0200. The Labute approximate surface area is 98.0 Å². The summed E-state index contributed by atoms with van der Waals surface area (Å²) in [5, 5.41) is 0. The smallest absolute Gasteiger partial charge is 0.140 e. The third-order valence-corrected chi connectivity index (χ3v) is 3.90. The predicted octanol–water partition coefficient (Wildman–Crippen LogP) is 4.00. The van der Waals surface area contributed by atoms with Gasteiger partial charge in [0.15, 0.2) is 0 Å². The molecule has 0 saturated heterocycles. The molecule has 0 rings (SSSR count). The zero-order valence-corrected chi connectivity index (χ0v) is 11.4. The zero-order chi connectivity index (χ0) is 12.1. The van der Waals surface area contributed by atoms with Crippen molar-refractivity contribution < 1.29 is 9.35 Å². The van der Waals surface area contributed by atoms with Gasteiger partial charge in [-0.3, -0.25) is 4.79 Å². The van der Waals surface area contributed by atoms with Crippen molar-refractivity contribution in [2.75, 3.05) is 5.75 Å². The van der Waals surface area contributed by atoms with E-state index >= 15 is 0 Å². The molecule has 0 heterocycles. The van der Waals surface area contributed by atoms with Gasteiger partial charge < -0.3 is 4.55 Å². The minimum Gasteiger partial charge on any atom is -0.330 e. The molecule has 15 heavy (non-hydrogen) atoms. The van der Waals surface area contributed by atoms with Crippen molar-refractivity contribution in [1.82, 2.24) is 0 Å². The molecule has 0 aliphatic rings. The van der Waals surface area contributed by atoms with Crippen LogP contribution >= 0.6 is 12.0 Å². The first-order valence-electron chi connectivity index (χ1n) is 5.65. The summed E-state index contributed by atoms with van der Waals surface area (Å²) >= 11 is 0.798. The maximum absolute atomic E-state index is 12.1. The highest BCUT2D eigenvalue weighted by Gasteiger charge is 2.46. The van der Waals surface area contributed by atoms with E-state index < -0.39 is 0 Å². The van der Waals surface area contributed by atoms with Gasteiger partial charge >= 0.3 is 0 Å². The number of rotatable bonds is 6. The molecule has 1 atom stereocenters. The van der Waals surface area contributed by atoms with Crippen LogP contribution in [0.4, 0.5) is 0 Å². The molecule has 0 bridgehead atoms. The number of carbonyl (C=O) groups is 1. The molecule has 0 fully saturated rings. The van der Waals surface area contributed by atoms with Gasteiger partial charge in [0, 0.05) is 17.6 Å². The molecule has 0 aliphatic carbocycles. The van der Waals surface area contributed by atoms with Crippen LogP contribution < -0.4 is 0 Å². The Morgan fingerprint density at radius 1 is 1.27 bits per heavy atom. The van der Waals surface area contributed by atoms with Crippen LogP contribution in [0.1, 0.15) is 53.9 Å². The Kier molecular flexibility index (Phi) is 5.89. The first kappa shape index (κ1) is 15.0. The number of ketones is 1. The minimum atomic E-state index is -0.379. The van der Waals surface area contributed by atoms with Crippen molar-refractivity contribution >= 4 is 17.8 Å². The summed E-state index contributed by atoms with van der Waals surface area (Å²) in [5.74, 6) is 0.787. The molecule has 0 aromatic heterocycles. The summed E-state index contributed by atoms with van der Waals surface area (Å²) in [7, 11) is 0. The summed E-state index contributed by atoms with van der Waals surface area (Å²) in [4.78, 5) is 12.1. The Bertz CT molecular complexity index is 200. The van der Waals surface area contributed by atoms with Crippen LogP contribution in [0.3, 0.4) is 0 Å². The Morgan fingerprint density at radius 3 is 2.07 bits per heavy atom. The molecule has 0 aromatic carbocycles. The summed E-state index contributed by atoms with van der Waals surface area (Å²) in [6.45, 7) is 10.3. The minimum absolute atomic E-state index is 0.0914. The molecule has 0 saturated carbocycles. The van der Waals surface area contributed by atoms with E-state index in [1.165, 1.54) is 0 Å². The van der Waals surface area contributed by atoms with Gasteiger partial charge in [-0.05, 0) is 23.9 Å². The number of Topliss-reactive ketones (excluding diaryl/α,β-unsaturated/α-hetero) is 1. The topological polar surface area (TPSA) is 37.3 Å². The molecule has 2 nitrogen and oxygen atoms in total. The molecule has 0 aliphatic heterocycles. The molecule has 0 radical (unpaired) electrons. The van der Waals surface area contributed by atoms with Gasteiger partial charge in [-0.25, -0.2) is 0 Å². The third-order valence-electron chi connectivity index (χ3n) is 3.28. The van der Waals surface area contributed by atoms with Gasteiger partial charge in [-0.2, -0.15) is 0 Å². The molecule has 1 N–H and O–H groups in total. The van der Waals surface area contributed by atoms with Crippen LogP contribution in [-0.2, 0) is 4.79 Å². The van der Waals surface area contributed by atoms with Gasteiger partial charge in [0.2, 0.25) is 0 Å². The van der Waals surface area contributed by atoms with E-state index in [0.29, 0.717) is 12.2 Å². The molecular formula is C12H24O2S. The average molecular weight is 232 g/mol. The van der Waals surface area contributed by atoms with Crippen LogP contribution in [0, 0.1) is 10.8 Å². The van der Waals surface area contributed by atoms with Crippen LogP contribution in [0.2, 0.25) is 0 Å². The monoisotopic (exact) mass is 232 g/mol. The molecule has 0 aromatic rings. The van der Waals surface area contributed by atoms with Gasteiger partial charge in [0.25, 0.3) is 0 Å². The summed E-state index contributed by atoms with van der Waals surface area (Å²) in [6.07, 6.45) is 2.39. The molecule has 90 valence electrons. The van der Waals surface area contributed by atoms with Gasteiger partial charge in [0.1, 0.15) is 5.78 Å². The predicted molar refractivity (Wildman–Crippen MR) is 67.2 cm³/mol. The van der Waals surface area contributed by atoms with Crippen molar-refractivity contribution in [3.8, 4) is 0 Å². The first-order chi connectivity index (χ1) is 6.85. The second kappa shape index (κ2) is 5.90. The van der Waals surface area contributed by atoms with Crippen LogP contribution in [0.15, 0.2) is 0 Å².